The highest BCUT2D eigenvalue weighted by molar-refractivity contribution is 6.62. The van der Waals surface area contributed by atoms with Crippen LogP contribution in [0.15, 0.2) is 146 Å². The van der Waals surface area contributed by atoms with Gasteiger partial charge in [-0.1, -0.05) is 147 Å². The van der Waals surface area contributed by atoms with Crippen LogP contribution in [0.4, 0.5) is 21.0 Å². The van der Waals surface area contributed by atoms with Gasteiger partial charge in [-0.2, -0.15) is 0 Å². The molecular weight excluding hydrogens is 1080 g/mol. The van der Waals surface area contributed by atoms with E-state index in [4.69, 9.17) is 35.4 Å². The minimum Gasteiger partial charge on any atom is -0.443 e. The van der Waals surface area contributed by atoms with Gasteiger partial charge in [0.25, 0.3) is 0 Å². The third-order valence-electron chi connectivity index (χ3n) is 15.3. The number of amides is 2. The standard InChI is InChI=1S/C37H45N3O4.C19H18ClN.C16H25BO2.CH4/c1-35(2,3)29-21-27(20-26-14-12-13-15-28(26)29)30-22-25(18-19-38-30)24-16-17-31(39(10)33(41)43-36(4,5)6)32(23-24)40(11)34(42)44-37(7,8)9;1-19(2,3)17-11-14(18-12-15(20)8-9-21-18)10-13-6-4-5-7-16(13)17;1-7-12-9-10-14(11-13(12)8-2)17-18-15(3,4)16(5,6)19-17;/h12-23H,1-11H3;4-12H,1-3H3;9-11H,7-8H2,1-6H3;1H4. The molecule has 0 N–H and O–H groups in total. The summed E-state index contributed by atoms with van der Waals surface area (Å²) in [6, 6.07) is 45.7. The number of nitrogens with zero attached hydrogens (tertiary/aromatic N) is 4. The second-order valence-electron chi connectivity index (χ2n) is 26.9. The fraction of sp³-hybridized carbons (Fsp3) is 0.397. The lowest BCUT2D eigenvalue weighted by atomic mass is 9.77. The Hall–Kier alpha value is -7.05. The Balaban J connectivity index is 0.000000233. The predicted octanol–water partition coefficient (Wildman–Crippen LogP) is 19.2. The number of carbonyl (C=O) groups excluding carboxylic acids is 2. The number of hydrogen-bond acceptors (Lipinski definition) is 8. The van der Waals surface area contributed by atoms with Gasteiger partial charge in [0.05, 0.1) is 34.0 Å². The third-order valence-corrected chi connectivity index (χ3v) is 15.5. The number of benzene rings is 6. The Morgan fingerprint density at radius 3 is 1.42 bits per heavy atom. The molecule has 0 saturated carbocycles. The summed E-state index contributed by atoms with van der Waals surface area (Å²) >= 11 is 6.10. The third kappa shape index (κ3) is 16.5. The molecule has 0 aliphatic carbocycles. The molecule has 450 valence electrons. The van der Waals surface area contributed by atoms with Crippen LogP contribution >= 0.6 is 11.6 Å². The van der Waals surface area contributed by atoms with E-state index in [2.05, 4.69) is 185 Å². The number of aromatic nitrogens is 2. The van der Waals surface area contributed by atoms with Crippen molar-refractivity contribution in [3.05, 3.63) is 173 Å². The second kappa shape index (κ2) is 26.3. The monoisotopic (exact) mass is 1170 g/mol. The van der Waals surface area contributed by atoms with Gasteiger partial charge in [-0.3, -0.25) is 19.8 Å². The zero-order valence-electron chi connectivity index (χ0n) is 53.5. The maximum Gasteiger partial charge on any atom is 0.494 e. The number of ether oxygens (including phenoxy) is 2. The Bertz CT molecular complexity index is 3640. The molecule has 0 bridgehead atoms. The fourth-order valence-electron chi connectivity index (χ4n) is 10.0. The van der Waals surface area contributed by atoms with Crippen LogP contribution < -0.4 is 15.3 Å². The van der Waals surface area contributed by atoms with Crippen LogP contribution in [0.3, 0.4) is 0 Å². The van der Waals surface area contributed by atoms with E-state index in [9.17, 15) is 9.59 Å². The molecule has 2 aromatic heterocycles. The van der Waals surface area contributed by atoms with E-state index >= 15 is 0 Å². The van der Waals surface area contributed by atoms with Gasteiger partial charge in [-0.25, -0.2) is 9.59 Å². The number of fused-ring (bicyclic) bond motifs is 2. The lowest BCUT2D eigenvalue weighted by Gasteiger charge is -2.32. The minimum absolute atomic E-state index is 0. The Morgan fingerprint density at radius 2 is 0.965 bits per heavy atom. The average Bonchev–Trinajstić information content (AvgIpc) is 2.79. The molecule has 8 aromatic rings. The molecule has 85 heavy (non-hydrogen) atoms. The van der Waals surface area contributed by atoms with Crippen molar-refractivity contribution >= 4 is 69.3 Å². The highest BCUT2D eigenvalue weighted by Crippen LogP contribution is 2.40. The van der Waals surface area contributed by atoms with Gasteiger partial charge in [0.1, 0.15) is 11.2 Å². The van der Waals surface area contributed by atoms with Gasteiger partial charge < -0.3 is 18.8 Å². The van der Waals surface area contributed by atoms with E-state index in [0.717, 1.165) is 57.3 Å². The first-order valence-electron chi connectivity index (χ1n) is 29.3. The minimum atomic E-state index is -0.689. The van der Waals surface area contributed by atoms with Crippen LogP contribution in [0.5, 0.6) is 0 Å². The largest absolute Gasteiger partial charge is 0.494 e. The van der Waals surface area contributed by atoms with Crippen LogP contribution in [0, 0.1) is 0 Å². The van der Waals surface area contributed by atoms with Crippen molar-refractivity contribution in [3.63, 3.8) is 0 Å². The molecule has 3 heterocycles. The summed E-state index contributed by atoms with van der Waals surface area (Å²) in [6.07, 6.45) is 4.62. The summed E-state index contributed by atoms with van der Waals surface area (Å²) in [6.45, 7) is 37.1. The number of aryl methyl sites for hydroxylation is 2. The smallest absolute Gasteiger partial charge is 0.443 e. The summed E-state index contributed by atoms with van der Waals surface area (Å²) < 4.78 is 23.5. The molecular formula is C73H92BClN4O6. The van der Waals surface area contributed by atoms with E-state index in [0.29, 0.717) is 16.4 Å². The second-order valence-corrected chi connectivity index (χ2v) is 27.3. The number of anilines is 2. The van der Waals surface area contributed by atoms with Crippen LogP contribution in [0.2, 0.25) is 5.02 Å². The highest BCUT2D eigenvalue weighted by atomic mass is 35.5. The lowest BCUT2D eigenvalue weighted by molar-refractivity contribution is 0.00578. The molecule has 0 atom stereocenters. The number of halogens is 1. The average molecular weight is 1170 g/mol. The van der Waals surface area contributed by atoms with Crippen molar-refractivity contribution in [2.75, 3.05) is 23.9 Å². The van der Waals surface area contributed by atoms with Gasteiger partial charge in [-0.05, 0) is 214 Å². The van der Waals surface area contributed by atoms with Gasteiger partial charge in [-0.15, -0.1) is 0 Å². The normalized spacial score (nSPS) is 13.9. The van der Waals surface area contributed by atoms with E-state index in [1.54, 1.807) is 32.6 Å². The summed E-state index contributed by atoms with van der Waals surface area (Å²) in [5, 5.41) is 5.65. The van der Waals surface area contributed by atoms with Gasteiger partial charge in [0.2, 0.25) is 0 Å². The summed E-state index contributed by atoms with van der Waals surface area (Å²) in [7, 11) is 3.02. The van der Waals surface area contributed by atoms with Crippen molar-refractivity contribution < 1.29 is 28.4 Å². The fourth-order valence-corrected chi connectivity index (χ4v) is 10.2. The summed E-state index contributed by atoms with van der Waals surface area (Å²) in [4.78, 5) is 38.3. The topological polar surface area (TPSA) is 103 Å². The van der Waals surface area contributed by atoms with Crippen molar-refractivity contribution in [1.29, 1.82) is 0 Å². The Kier molecular flexibility index (Phi) is 20.7. The molecule has 12 heteroatoms. The van der Waals surface area contributed by atoms with Gasteiger partial charge in [0, 0.05) is 42.6 Å². The number of rotatable bonds is 8. The first-order chi connectivity index (χ1) is 39.1. The van der Waals surface area contributed by atoms with Crippen LogP contribution in [-0.2, 0) is 42.5 Å². The molecule has 6 aromatic carbocycles. The SMILES string of the molecule is C.CC(C)(C)c1cc(-c2cc(Cl)ccn2)cc2ccccc12.CCc1ccc(B2OC(C)(C)C(C)(C)O2)cc1CC.CN(C(=O)OC(C)(C)C)c1ccc(-c2ccnc(-c3cc(C(C)(C)C)c4ccccc4c3)c2)cc1N(C)C(=O)OC(C)(C)C. The van der Waals surface area contributed by atoms with E-state index in [-0.39, 0.29) is 36.6 Å². The van der Waals surface area contributed by atoms with Crippen molar-refractivity contribution in [1.82, 2.24) is 9.97 Å². The first kappa shape index (κ1) is 67.1. The Labute approximate surface area is 513 Å². The maximum absolute atomic E-state index is 13.2. The number of pyridine rings is 2. The summed E-state index contributed by atoms with van der Waals surface area (Å²) in [5.41, 5.74) is 11.4. The number of hydrogen-bond donors (Lipinski definition) is 0. The van der Waals surface area contributed by atoms with Crippen LogP contribution in [0.1, 0.15) is 154 Å². The quantitative estimate of drug-likeness (QED) is 0.139. The molecule has 1 fully saturated rings. The predicted molar refractivity (Wildman–Crippen MR) is 359 cm³/mol. The van der Waals surface area contributed by atoms with E-state index < -0.39 is 23.4 Å². The van der Waals surface area contributed by atoms with Crippen LogP contribution in [-0.4, -0.2) is 65.8 Å². The number of carbonyl (C=O) groups is 2. The summed E-state index contributed by atoms with van der Waals surface area (Å²) in [5.74, 6) is 0. The van der Waals surface area contributed by atoms with E-state index in [1.807, 2.05) is 71.9 Å². The molecule has 2 amide bonds. The van der Waals surface area contributed by atoms with Crippen LogP contribution in [0.25, 0.3) is 55.2 Å². The van der Waals surface area contributed by atoms with E-state index in [1.165, 1.54) is 48.2 Å². The zero-order chi connectivity index (χ0) is 61.9. The Morgan fingerprint density at radius 1 is 0.518 bits per heavy atom. The van der Waals surface area contributed by atoms with Crippen molar-refractivity contribution in [3.8, 4) is 33.6 Å². The molecule has 0 spiro atoms. The molecule has 0 radical (unpaired) electrons. The zero-order valence-corrected chi connectivity index (χ0v) is 54.2. The van der Waals surface area contributed by atoms with Gasteiger partial charge >= 0.3 is 19.3 Å². The molecule has 1 aliphatic heterocycles. The maximum atomic E-state index is 13.2. The molecule has 9 rings (SSSR count). The lowest BCUT2D eigenvalue weighted by Crippen LogP contribution is -2.41. The molecule has 1 aliphatic rings. The first-order valence-corrected chi connectivity index (χ1v) is 29.7. The highest BCUT2D eigenvalue weighted by Gasteiger charge is 2.51. The van der Waals surface area contributed by atoms with Crippen molar-refractivity contribution in [2.24, 2.45) is 0 Å². The molecule has 10 nitrogen and oxygen atoms in total. The molecule has 0 unspecified atom stereocenters. The van der Waals surface area contributed by atoms with Gasteiger partial charge in [0.15, 0.2) is 0 Å². The molecule has 1 saturated heterocycles. The van der Waals surface area contributed by atoms with Crippen molar-refractivity contribution in [2.45, 2.75) is 178 Å².